The van der Waals surface area contributed by atoms with Crippen LogP contribution >= 0.6 is 0 Å². The van der Waals surface area contributed by atoms with Crippen LogP contribution in [0.5, 0.6) is 0 Å². The molecule has 0 spiro atoms. The van der Waals surface area contributed by atoms with Crippen LogP contribution in [0.25, 0.3) is 0 Å². The maximum atomic E-state index is 12.7. The first kappa shape index (κ1) is 14.7. The molecule has 1 saturated heterocycles. The SMILES string of the molecule is FC(F)(F)C1CCN(CC2CNc3ccccc3C2)CC1. The number of para-hydroxylation sites is 1. The number of halogens is 3. The number of piperidine rings is 1. The Morgan fingerprint density at radius 1 is 1.14 bits per heavy atom. The number of likely N-dealkylation sites (tertiary alicyclic amines) is 1. The molecule has 2 nitrogen and oxygen atoms in total. The molecule has 0 aliphatic carbocycles. The van der Waals surface area contributed by atoms with Gasteiger partial charge in [-0.3, -0.25) is 0 Å². The predicted octanol–water partition coefficient (Wildman–Crippen LogP) is 3.55. The fourth-order valence-electron chi connectivity index (χ4n) is 3.45. The minimum Gasteiger partial charge on any atom is -0.384 e. The van der Waals surface area contributed by atoms with Gasteiger partial charge in [-0.05, 0) is 49.9 Å². The fourth-order valence-corrected chi connectivity index (χ4v) is 3.45. The summed E-state index contributed by atoms with van der Waals surface area (Å²) in [4.78, 5) is 2.20. The summed E-state index contributed by atoms with van der Waals surface area (Å²) in [5.74, 6) is -0.610. The van der Waals surface area contributed by atoms with Gasteiger partial charge in [-0.15, -0.1) is 0 Å². The lowest BCUT2D eigenvalue weighted by Gasteiger charge is -2.36. The molecule has 116 valence electrons. The largest absolute Gasteiger partial charge is 0.391 e. The van der Waals surface area contributed by atoms with E-state index in [9.17, 15) is 13.2 Å². The van der Waals surface area contributed by atoms with Crippen molar-refractivity contribution in [3.63, 3.8) is 0 Å². The highest BCUT2D eigenvalue weighted by molar-refractivity contribution is 5.53. The third-order valence-corrected chi connectivity index (χ3v) is 4.67. The Kier molecular flexibility index (Phi) is 4.11. The van der Waals surface area contributed by atoms with E-state index in [1.54, 1.807) is 0 Å². The van der Waals surface area contributed by atoms with Crippen LogP contribution < -0.4 is 5.32 Å². The van der Waals surface area contributed by atoms with Crippen LogP contribution in [0.2, 0.25) is 0 Å². The summed E-state index contributed by atoms with van der Waals surface area (Å²) in [6.45, 7) is 2.95. The van der Waals surface area contributed by atoms with E-state index >= 15 is 0 Å². The summed E-state index contributed by atoms with van der Waals surface area (Å²) in [5.41, 5.74) is 2.52. The van der Waals surface area contributed by atoms with Crippen molar-refractivity contribution in [3.05, 3.63) is 29.8 Å². The van der Waals surface area contributed by atoms with Gasteiger partial charge >= 0.3 is 6.18 Å². The zero-order valence-electron chi connectivity index (χ0n) is 12.0. The molecule has 1 N–H and O–H groups in total. The molecule has 3 rings (SSSR count). The number of nitrogens with zero attached hydrogens (tertiary/aromatic N) is 1. The predicted molar refractivity (Wildman–Crippen MR) is 77.3 cm³/mol. The number of fused-ring (bicyclic) bond motifs is 1. The van der Waals surface area contributed by atoms with E-state index in [2.05, 4.69) is 22.3 Å². The highest BCUT2D eigenvalue weighted by Crippen LogP contribution is 2.34. The molecule has 5 heteroatoms. The molecule has 1 aromatic rings. The summed E-state index contributed by atoms with van der Waals surface area (Å²) in [6.07, 6.45) is -2.50. The van der Waals surface area contributed by atoms with Gasteiger partial charge in [-0.2, -0.15) is 13.2 Å². The zero-order chi connectivity index (χ0) is 14.9. The van der Waals surface area contributed by atoms with Gasteiger partial charge in [0, 0.05) is 18.8 Å². The van der Waals surface area contributed by atoms with Gasteiger partial charge in [-0.25, -0.2) is 0 Å². The van der Waals surface area contributed by atoms with Gasteiger partial charge < -0.3 is 10.2 Å². The van der Waals surface area contributed by atoms with Crippen molar-refractivity contribution in [1.29, 1.82) is 0 Å². The lowest BCUT2D eigenvalue weighted by Crippen LogP contribution is -2.43. The van der Waals surface area contributed by atoms with Crippen LogP contribution in [0.3, 0.4) is 0 Å². The second kappa shape index (κ2) is 5.87. The van der Waals surface area contributed by atoms with E-state index in [0.29, 0.717) is 19.0 Å². The van der Waals surface area contributed by atoms with E-state index in [4.69, 9.17) is 0 Å². The molecule has 2 aliphatic rings. The van der Waals surface area contributed by atoms with Gasteiger partial charge in [0.1, 0.15) is 0 Å². The molecular weight excluding hydrogens is 277 g/mol. The average Bonchev–Trinajstić information content (AvgIpc) is 2.47. The van der Waals surface area contributed by atoms with Crippen molar-refractivity contribution in [2.24, 2.45) is 11.8 Å². The van der Waals surface area contributed by atoms with Crippen LogP contribution in [0.15, 0.2) is 24.3 Å². The first-order valence-electron chi connectivity index (χ1n) is 7.63. The van der Waals surface area contributed by atoms with Crippen molar-refractivity contribution >= 4 is 5.69 Å². The van der Waals surface area contributed by atoms with Gasteiger partial charge in [0.2, 0.25) is 0 Å². The third-order valence-electron chi connectivity index (χ3n) is 4.67. The van der Waals surface area contributed by atoms with Crippen molar-refractivity contribution in [1.82, 2.24) is 4.90 Å². The fraction of sp³-hybridized carbons (Fsp3) is 0.625. The molecule has 0 aromatic heterocycles. The smallest absolute Gasteiger partial charge is 0.384 e. The molecule has 1 unspecified atom stereocenters. The summed E-state index contributed by atoms with van der Waals surface area (Å²) >= 11 is 0. The van der Waals surface area contributed by atoms with E-state index in [0.717, 1.165) is 19.5 Å². The highest BCUT2D eigenvalue weighted by Gasteiger charge is 2.41. The quantitative estimate of drug-likeness (QED) is 0.898. The number of alkyl halides is 3. The van der Waals surface area contributed by atoms with Crippen molar-refractivity contribution in [3.8, 4) is 0 Å². The Morgan fingerprint density at radius 3 is 2.57 bits per heavy atom. The molecule has 1 aromatic carbocycles. The van der Waals surface area contributed by atoms with Gasteiger partial charge in [0.25, 0.3) is 0 Å². The van der Waals surface area contributed by atoms with Crippen LogP contribution in [-0.4, -0.2) is 37.3 Å². The first-order chi connectivity index (χ1) is 10.0. The van der Waals surface area contributed by atoms with Crippen molar-refractivity contribution < 1.29 is 13.2 Å². The van der Waals surface area contributed by atoms with Gasteiger partial charge in [-0.1, -0.05) is 18.2 Å². The maximum absolute atomic E-state index is 12.7. The summed E-state index contributed by atoms with van der Waals surface area (Å²) in [6, 6.07) is 8.27. The lowest BCUT2D eigenvalue weighted by atomic mass is 9.91. The first-order valence-corrected chi connectivity index (χ1v) is 7.63. The molecule has 0 radical (unpaired) electrons. The number of rotatable bonds is 2. The summed E-state index contributed by atoms with van der Waals surface area (Å²) in [7, 11) is 0. The second-order valence-electron chi connectivity index (χ2n) is 6.22. The minimum atomic E-state index is -4.02. The van der Waals surface area contributed by atoms with Crippen LogP contribution in [0, 0.1) is 11.8 Å². The average molecular weight is 298 g/mol. The Hall–Kier alpha value is -1.23. The van der Waals surface area contributed by atoms with Crippen LogP contribution in [0.4, 0.5) is 18.9 Å². The monoisotopic (exact) mass is 298 g/mol. The normalized spacial score (nSPS) is 24.4. The van der Waals surface area contributed by atoms with Crippen LogP contribution in [0.1, 0.15) is 18.4 Å². The van der Waals surface area contributed by atoms with E-state index < -0.39 is 12.1 Å². The molecule has 1 fully saturated rings. The highest BCUT2D eigenvalue weighted by atomic mass is 19.4. The summed E-state index contributed by atoms with van der Waals surface area (Å²) in [5, 5.41) is 3.43. The number of nitrogens with one attached hydrogen (secondary N) is 1. The van der Waals surface area contributed by atoms with Gasteiger partial charge in [0.15, 0.2) is 0 Å². The molecule has 21 heavy (non-hydrogen) atoms. The molecule has 1 atom stereocenters. The standard InChI is InChI=1S/C16H21F3N2/c17-16(18,19)14-5-7-21(8-6-14)11-12-9-13-3-1-2-4-15(13)20-10-12/h1-4,12,14,20H,5-11H2. The van der Waals surface area contributed by atoms with Crippen molar-refractivity contribution in [2.75, 3.05) is 31.5 Å². The van der Waals surface area contributed by atoms with Crippen molar-refractivity contribution in [2.45, 2.75) is 25.4 Å². The number of anilines is 1. The molecular formula is C16H21F3N2. The molecule has 0 saturated carbocycles. The zero-order valence-corrected chi connectivity index (χ0v) is 12.0. The Bertz CT molecular complexity index is 479. The lowest BCUT2D eigenvalue weighted by molar-refractivity contribution is -0.185. The van der Waals surface area contributed by atoms with E-state index in [1.165, 1.54) is 11.3 Å². The van der Waals surface area contributed by atoms with Gasteiger partial charge in [0.05, 0.1) is 5.92 Å². The number of hydrogen-bond acceptors (Lipinski definition) is 2. The maximum Gasteiger partial charge on any atom is 0.391 e. The Morgan fingerprint density at radius 2 is 1.86 bits per heavy atom. The van der Waals surface area contributed by atoms with E-state index in [1.807, 2.05) is 12.1 Å². The molecule has 2 aliphatic heterocycles. The van der Waals surface area contributed by atoms with Crippen LogP contribution in [-0.2, 0) is 6.42 Å². The second-order valence-corrected chi connectivity index (χ2v) is 6.22. The third kappa shape index (κ3) is 3.51. The molecule has 0 amide bonds. The molecule has 0 bridgehead atoms. The molecule has 2 heterocycles. The Balaban J connectivity index is 1.51. The Labute approximate surface area is 123 Å². The number of hydrogen-bond donors (Lipinski definition) is 1. The number of benzene rings is 1. The topological polar surface area (TPSA) is 15.3 Å². The summed E-state index contributed by atoms with van der Waals surface area (Å²) < 4.78 is 38.0. The van der Waals surface area contributed by atoms with E-state index in [-0.39, 0.29) is 12.8 Å². The minimum absolute atomic E-state index is 0.250.